The molecule has 0 radical (unpaired) electrons. The van der Waals surface area contributed by atoms with Crippen LogP contribution in [0.15, 0.2) is 54.6 Å². The molecule has 2 atom stereocenters. The molecule has 3 heteroatoms. The standard InChI is InChI=1S/C20H24ClNO.C2H6/c1-20(16-6-3-2-4-7-16,17-9-11-18(21)12-10-17)23-15-13-19-8-5-14-22-19;1-2/h2-4,6-7,9-12,19,22H,5,8,13-15H2,1H3;1-2H3. The Morgan fingerprint density at radius 2 is 1.68 bits per heavy atom. The maximum absolute atomic E-state index is 6.42. The van der Waals surface area contributed by atoms with Gasteiger partial charge in [-0.15, -0.1) is 0 Å². The van der Waals surface area contributed by atoms with E-state index in [4.69, 9.17) is 16.3 Å². The third-order valence-electron chi connectivity index (χ3n) is 4.74. The Morgan fingerprint density at radius 1 is 1.04 bits per heavy atom. The fourth-order valence-electron chi connectivity index (χ4n) is 3.27. The minimum atomic E-state index is -0.454. The molecule has 136 valence electrons. The number of rotatable bonds is 6. The Bertz CT molecular complexity index is 608. The van der Waals surface area contributed by atoms with Crippen LogP contribution in [-0.2, 0) is 10.3 Å². The number of hydrogen-bond acceptors (Lipinski definition) is 2. The zero-order chi connectivity index (χ0) is 18.1. The van der Waals surface area contributed by atoms with Crippen LogP contribution in [0.25, 0.3) is 0 Å². The van der Waals surface area contributed by atoms with Gasteiger partial charge in [0.05, 0.1) is 0 Å². The molecule has 1 saturated heterocycles. The molecule has 0 bridgehead atoms. The molecule has 1 N–H and O–H groups in total. The second-order valence-corrected chi connectivity index (χ2v) is 6.77. The van der Waals surface area contributed by atoms with Crippen molar-refractivity contribution in [1.29, 1.82) is 0 Å². The summed E-state index contributed by atoms with van der Waals surface area (Å²) in [5, 5.41) is 4.28. The number of halogens is 1. The molecule has 0 spiro atoms. The molecule has 25 heavy (non-hydrogen) atoms. The lowest BCUT2D eigenvalue weighted by atomic mass is 9.88. The highest BCUT2D eigenvalue weighted by Crippen LogP contribution is 2.34. The van der Waals surface area contributed by atoms with Crippen LogP contribution >= 0.6 is 11.6 Å². The van der Waals surface area contributed by atoms with Gasteiger partial charge in [-0.1, -0.05) is 67.9 Å². The van der Waals surface area contributed by atoms with Crippen LogP contribution in [-0.4, -0.2) is 19.2 Å². The lowest BCUT2D eigenvalue weighted by Gasteiger charge is -2.32. The highest BCUT2D eigenvalue weighted by Gasteiger charge is 2.30. The van der Waals surface area contributed by atoms with Crippen molar-refractivity contribution in [1.82, 2.24) is 5.32 Å². The first-order valence-corrected chi connectivity index (χ1v) is 9.75. The van der Waals surface area contributed by atoms with Crippen molar-refractivity contribution < 1.29 is 4.74 Å². The SMILES string of the molecule is CC.CC(OCCC1CCCN1)(c1ccccc1)c1ccc(Cl)cc1. The van der Waals surface area contributed by atoms with E-state index >= 15 is 0 Å². The summed E-state index contributed by atoms with van der Waals surface area (Å²) in [6, 6.07) is 19.0. The Hall–Kier alpha value is -1.35. The fourth-order valence-corrected chi connectivity index (χ4v) is 3.39. The Morgan fingerprint density at radius 3 is 2.28 bits per heavy atom. The maximum atomic E-state index is 6.42. The van der Waals surface area contributed by atoms with Crippen molar-refractivity contribution in [3.05, 3.63) is 70.7 Å². The molecular weight excluding hydrogens is 330 g/mol. The van der Waals surface area contributed by atoms with Crippen LogP contribution in [0.2, 0.25) is 5.02 Å². The lowest BCUT2D eigenvalue weighted by Crippen LogP contribution is -2.30. The van der Waals surface area contributed by atoms with E-state index in [2.05, 4.69) is 48.6 Å². The zero-order valence-electron chi connectivity index (χ0n) is 15.6. The van der Waals surface area contributed by atoms with E-state index < -0.39 is 5.60 Å². The summed E-state index contributed by atoms with van der Waals surface area (Å²) in [6.45, 7) is 8.02. The van der Waals surface area contributed by atoms with E-state index in [9.17, 15) is 0 Å². The van der Waals surface area contributed by atoms with Gasteiger partial charge in [-0.25, -0.2) is 0 Å². The molecule has 2 aromatic carbocycles. The van der Waals surface area contributed by atoms with Crippen molar-refractivity contribution in [2.75, 3.05) is 13.2 Å². The molecular formula is C22H30ClNO. The molecule has 2 aromatic rings. The molecule has 2 unspecified atom stereocenters. The maximum Gasteiger partial charge on any atom is 0.115 e. The minimum Gasteiger partial charge on any atom is -0.366 e. The van der Waals surface area contributed by atoms with E-state index in [0.29, 0.717) is 6.04 Å². The van der Waals surface area contributed by atoms with Gasteiger partial charge in [0.15, 0.2) is 0 Å². The monoisotopic (exact) mass is 359 g/mol. The number of benzene rings is 2. The summed E-state index contributed by atoms with van der Waals surface area (Å²) < 4.78 is 6.42. The number of ether oxygens (including phenoxy) is 1. The highest BCUT2D eigenvalue weighted by molar-refractivity contribution is 6.30. The van der Waals surface area contributed by atoms with Crippen LogP contribution in [0.4, 0.5) is 0 Å². The van der Waals surface area contributed by atoms with E-state index in [0.717, 1.165) is 30.2 Å². The Balaban J connectivity index is 0.00000109. The van der Waals surface area contributed by atoms with Gasteiger partial charge in [-0.3, -0.25) is 0 Å². The molecule has 1 aliphatic heterocycles. The molecule has 0 aliphatic carbocycles. The number of hydrogen-bond donors (Lipinski definition) is 1. The first kappa shape index (κ1) is 20.0. The average Bonchev–Trinajstić information content (AvgIpc) is 3.18. The van der Waals surface area contributed by atoms with Gasteiger partial charge in [-0.05, 0) is 56.0 Å². The smallest absolute Gasteiger partial charge is 0.115 e. The first-order valence-electron chi connectivity index (χ1n) is 9.37. The topological polar surface area (TPSA) is 21.3 Å². The summed E-state index contributed by atoms with van der Waals surface area (Å²) in [5.74, 6) is 0. The fraction of sp³-hybridized carbons (Fsp3) is 0.455. The van der Waals surface area contributed by atoms with E-state index in [1.54, 1.807) is 0 Å². The predicted molar refractivity (Wildman–Crippen MR) is 107 cm³/mol. The third kappa shape index (κ3) is 5.31. The largest absolute Gasteiger partial charge is 0.366 e. The van der Waals surface area contributed by atoms with Crippen molar-refractivity contribution in [3.8, 4) is 0 Å². The lowest BCUT2D eigenvalue weighted by molar-refractivity contribution is -0.00797. The van der Waals surface area contributed by atoms with Crippen molar-refractivity contribution in [3.63, 3.8) is 0 Å². The van der Waals surface area contributed by atoms with Gasteiger partial charge in [-0.2, -0.15) is 0 Å². The zero-order valence-corrected chi connectivity index (χ0v) is 16.4. The van der Waals surface area contributed by atoms with E-state index in [1.807, 2.05) is 32.0 Å². The van der Waals surface area contributed by atoms with Gasteiger partial charge in [0, 0.05) is 17.7 Å². The van der Waals surface area contributed by atoms with Crippen molar-refractivity contribution in [2.45, 2.75) is 51.7 Å². The Kier molecular flexibility index (Phi) is 7.95. The summed E-state index contributed by atoms with van der Waals surface area (Å²) in [4.78, 5) is 0. The second kappa shape index (κ2) is 9.96. The van der Waals surface area contributed by atoms with Gasteiger partial charge in [0.1, 0.15) is 5.60 Å². The molecule has 0 amide bonds. The molecule has 0 aromatic heterocycles. The van der Waals surface area contributed by atoms with Gasteiger partial charge >= 0.3 is 0 Å². The summed E-state index contributed by atoms with van der Waals surface area (Å²) in [7, 11) is 0. The van der Waals surface area contributed by atoms with Gasteiger partial charge in [0.2, 0.25) is 0 Å². The molecule has 0 saturated carbocycles. The quantitative estimate of drug-likeness (QED) is 0.704. The first-order chi connectivity index (χ1) is 12.2. The molecule has 3 rings (SSSR count). The van der Waals surface area contributed by atoms with Crippen LogP contribution in [0.1, 0.15) is 51.2 Å². The highest BCUT2D eigenvalue weighted by atomic mass is 35.5. The van der Waals surface area contributed by atoms with Crippen LogP contribution in [0, 0.1) is 0 Å². The minimum absolute atomic E-state index is 0.454. The summed E-state index contributed by atoms with van der Waals surface area (Å²) in [5.41, 5.74) is 1.85. The second-order valence-electron chi connectivity index (χ2n) is 6.34. The number of nitrogens with one attached hydrogen (secondary N) is 1. The van der Waals surface area contributed by atoms with E-state index in [-0.39, 0.29) is 0 Å². The van der Waals surface area contributed by atoms with Crippen LogP contribution in [0.5, 0.6) is 0 Å². The molecule has 2 nitrogen and oxygen atoms in total. The average molecular weight is 360 g/mol. The molecule has 1 heterocycles. The Labute approximate surface area is 157 Å². The van der Waals surface area contributed by atoms with Gasteiger partial charge in [0.25, 0.3) is 0 Å². The predicted octanol–water partition coefficient (Wildman–Crippen LogP) is 5.79. The third-order valence-corrected chi connectivity index (χ3v) is 4.99. The summed E-state index contributed by atoms with van der Waals surface area (Å²) in [6.07, 6.45) is 3.58. The molecule has 1 aliphatic rings. The van der Waals surface area contributed by atoms with Crippen molar-refractivity contribution in [2.24, 2.45) is 0 Å². The van der Waals surface area contributed by atoms with Crippen molar-refractivity contribution >= 4 is 11.6 Å². The van der Waals surface area contributed by atoms with E-state index in [1.165, 1.54) is 18.4 Å². The van der Waals surface area contributed by atoms with Crippen LogP contribution < -0.4 is 5.32 Å². The van der Waals surface area contributed by atoms with Crippen LogP contribution in [0.3, 0.4) is 0 Å². The normalized spacial score (nSPS) is 19.0. The van der Waals surface area contributed by atoms with Gasteiger partial charge < -0.3 is 10.1 Å². The summed E-state index contributed by atoms with van der Waals surface area (Å²) >= 11 is 6.05. The molecule has 1 fully saturated rings.